The largest absolute Gasteiger partial charge is 0.473 e. The Labute approximate surface area is 226 Å². The number of nitriles is 1. The summed E-state index contributed by atoms with van der Waals surface area (Å²) in [5.74, 6) is 1.02. The summed E-state index contributed by atoms with van der Waals surface area (Å²) in [6.45, 7) is 9.68. The lowest BCUT2D eigenvalue weighted by Gasteiger charge is -2.26. The van der Waals surface area contributed by atoms with Crippen LogP contribution in [0.5, 0.6) is 11.8 Å². The van der Waals surface area contributed by atoms with Gasteiger partial charge in [-0.2, -0.15) is 15.5 Å². The molecule has 0 aliphatic carbocycles. The van der Waals surface area contributed by atoms with Gasteiger partial charge in [-0.25, -0.2) is 9.67 Å². The van der Waals surface area contributed by atoms with Crippen molar-refractivity contribution in [3.63, 3.8) is 0 Å². The number of aliphatic hydroxyl groups excluding tert-OH is 1. The van der Waals surface area contributed by atoms with Gasteiger partial charge in [0.2, 0.25) is 11.8 Å². The van der Waals surface area contributed by atoms with E-state index in [4.69, 9.17) is 14.7 Å². The minimum atomic E-state index is -0.291. The molecule has 39 heavy (non-hydrogen) atoms. The van der Waals surface area contributed by atoms with Gasteiger partial charge in [0.1, 0.15) is 12.2 Å². The molecule has 1 aliphatic heterocycles. The standard InChI is InChI=1S/C27H33N9O3/c1-6-35-13-17(3)39-27-24(18(4)32-34(27)5)19-11-21-22(30-31-25(21)29-12-19)8-7-20-23(14-35)36(16(2)15-37)33-26(20)38-10-9-28/h7-8,11-12,16-17,37H,6,10,13-15H2,1-5H3,(H,29,30,31)/b8-7+/t16-,17-/m0/s1. The molecule has 0 saturated carbocycles. The van der Waals surface area contributed by atoms with Gasteiger partial charge < -0.3 is 14.6 Å². The van der Waals surface area contributed by atoms with E-state index in [2.05, 4.69) is 37.2 Å². The number of nitrogens with one attached hydrogen (secondary N) is 1. The van der Waals surface area contributed by atoms with Crippen LogP contribution in [0.15, 0.2) is 12.3 Å². The number of hydrogen-bond acceptors (Lipinski definition) is 9. The lowest BCUT2D eigenvalue weighted by Crippen LogP contribution is -2.35. The first-order chi connectivity index (χ1) is 18.8. The van der Waals surface area contributed by atoms with Crippen molar-refractivity contribution < 1.29 is 14.6 Å². The molecule has 2 N–H and O–H groups in total. The molecule has 0 unspecified atom stereocenters. The van der Waals surface area contributed by atoms with Crippen LogP contribution in [0.1, 0.15) is 49.5 Å². The molecule has 0 saturated heterocycles. The van der Waals surface area contributed by atoms with E-state index in [1.54, 1.807) is 15.6 Å². The van der Waals surface area contributed by atoms with E-state index in [-0.39, 0.29) is 25.4 Å². The zero-order chi connectivity index (χ0) is 27.7. The van der Waals surface area contributed by atoms with Crippen molar-refractivity contribution in [2.45, 2.75) is 46.4 Å². The third-order valence-corrected chi connectivity index (χ3v) is 6.93. The molecule has 4 aromatic rings. The minimum Gasteiger partial charge on any atom is -0.473 e. The fourth-order valence-electron chi connectivity index (χ4n) is 5.00. The van der Waals surface area contributed by atoms with Crippen molar-refractivity contribution in [1.82, 2.24) is 39.6 Å². The summed E-state index contributed by atoms with van der Waals surface area (Å²) < 4.78 is 15.8. The number of nitrogens with zero attached hydrogens (tertiary/aromatic N) is 8. The van der Waals surface area contributed by atoms with Crippen LogP contribution in [0.4, 0.5) is 0 Å². The van der Waals surface area contributed by atoms with Crippen molar-refractivity contribution in [3.8, 4) is 29.0 Å². The first kappa shape index (κ1) is 26.4. The molecule has 5 heterocycles. The summed E-state index contributed by atoms with van der Waals surface area (Å²) in [6.07, 6.45) is 5.47. The number of fused-ring (bicyclic) bond motifs is 4. The Kier molecular flexibility index (Phi) is 7.36. The number of pyridine rings is 1. The van der Waals surface area contributed by atoms with Crippen LogP contribution in [0.2, 0.25) is 0 Å². The number of hydrogen-bond donors (Lipinski definition) is 2. The first-order valence-corrected chi connectivity index (χ1v) is 13.0. The highest BCUT2D eigenvalue weighted by atomic mass is 16.5. The Balaban J connectivity index is 1.73. The number of H-pyrrole nitrogens is 1. The van der Waals surface area contributed by atoms with E-state index in [0.29, 0.717) is 30.5 Å². The Morgan fingerprint density at radius 1 is 1.33 bits per heavy atom. The van der Waals surface area contributed by atoms with Crippen molar-refractivity contribution in [3.05, 3.63) is 34.9 Å². The fourth-order valence-corrected chi connectivity index (χ4v) is 5.00. The summed E-state index contributed by atoms with van der Waals surface area (Å²) in [5.41, 5.74) is 5.59. The van der Waals surface area contributed by atoms with E-state index in [1.807, 2.05) is 52.1 Å². The maximum Gasteiger partial charge on any atom is 0.241 e. The second-order valence-corrected chi connectivity index (χ2v) is 9.80. The third kappa shape index (κ3) is 4.98. The SMILES string of the molecule is CCN1Cc2c(c(OCC#N)nn2[C@@H](C)CO)/C=C/c2[nH]nc3ncc(cc23)-c2c(C)nn(C)c2O[C@@H](C)C1. The summed E-state index contributed by atoms with van der Waals surface area (Å²) in [7, 11) is 1.88. The van der Waals surface area contributed by atoms with E-state index in [1.165, 1.54) is 0 Å². The van der Waals surface area contributed by atoms with Gasteiger partial charge in [0.25, 0.3) is 0 Å². The van der Waals surface area contributed by atoms with Crippen LogP contribution in [0, 0.1) is 18.3 Å². The van der Waals surface area contributed by atoms with E-state index in [0.717, 1.165) is 45.7 Å². The topological polar surface area (TPSA) is 143 Å². The maximum atomic E-state index is 9.99. The molecule has 4 aromatic heterocycles. The number of rotatable bonds is 5. The monoisotopic (exact) mass is 531 g/mol. The number of aromatic amines is 1. The van der Waals surface area contributed by atoms with Gasteiger partial charge in [0, 0.05) is 37.3 Å². The molecule has 1 aliphatic rings. The average Bonchev–Trinajstić information content (AvgIpc) is 3.57. The smallest absolute Gasteiger partial charge is 0.241 e. The summed E-state index contributed by atoms with van der Waals surface area (Å²) in [4.78, 5) is 6.85. The molecule has 2 atom stereocenters. The van der Waals surface area contributed by atoms with Crippen LogP contribution in [-0.4, -0.2) is 77.2 Å². The van der Waals surface area contributed by atoms with Gasteiger partial charge in [-0.05, 0) is 45.5 Å². The van der Waals surface area contributed by atoms with Crippen molar-refractivity contribution >= 4 is 23.2 Å². The van der Waals surface area contributed by atoms with Crippen LogP contribution in [0.25, 0.3) is 34.3 Å². The predicted octanol–water partition coefficient (Wildman–Crippen LogP) is 3.09. The number of aromatic nitrogens is 7. The van der Waals surface area contributed by atoms with Gasteiger partial charge in [0.15, 0.2) is 12.3 Å². The fraction of sp³-hybridized carbons (Fsp3) is 0.444. The molecule has 2 bridgehead atoms. The molecule has 0 spiro atoms. The molecule has 0 radical (unpaired) electrons. The molecule has 5 rings (SSSR count). The van der Waals surface area contributed by atoms with Crippen LogP contribution in [-0.2, 0) is 13.6 Å². The Morgan fingerprint density at radius 2 is 2.15 bits per heavy atom. The quantitative estimate of drug-likeness (QED) is 0.397. The number of likely N-dealkylation sites (N-methyl/N-ethyl adjacent to an activating group) is 1. The lowest BCUT2D eigenvalue weighted by molar-refractivity contribution is 0.132. The van der Waals surface area contributed by atoms with Gasteiger partial charge in [0.05, 0.1) is 40.9 Å². The Hall–Kier alpha value is -4.21. The predicted molar refractivity (Wildman–Crippen MR) is 146 cm³/mol. The van der Waals surface area contributed by atoms with Crippen LogP contribution >= 0.6 is 0 Å². The number of aliphatic hydroxyl groups is 1. The van der Waals surface area contributed by atoms with Crippen molar-refractivity contribution in [1.29, 1.82) is 5.26 Å². The molecule has 12 nitrogen and oxygen atoms in total. The van der Waals surface area contributed by atoms with Gasteiger partial charge in [-0.3, -0.25) is 14.7 Å². The molecule has 12 heteroatoms. The molecule has 0 amide bonds. The van der Waals surface area contributed by atoms with Crippen molar-refractivity contribution in [2.24, 2.45) is 7.05 Å². The zero-order valence-electron chi connectivity index (χ0n) is 22.8. The summed E-state index contributed by atoms with van der Waals surface area (Å²) >= 11 is 0. The highest BCUT2D eigenvalue weighted by Gasteiger charge is 2.25. The molecular formula is C27H33N9O3. The second-order valence-electron chi connectivity index (χ2n) is 9.80. The van der Waals surface area contributed by atoms with E-state index in [9.17, 15) is 5.11 Å². The molecule has 0 aromatic carbocycles. The number of aryl methyl sites for hydroxylation is 2. The van der Waals surface area contributed by atoms with Crippen LogP contribution in [0.3, 0.4) is 0 Å². The highest BCUT2D eigenvalue weighted by Crippen LogP contribution is 2.36. The maximum absolute atomic E-state index is 9.99. The first-order valence-electron chi connectivity index (χ1n) is 13.0. The normalized spacial score (nSPS) is 17.5. The van der Waals surface area contributed by atoms with Gasteiger partial charge in [-0.15, -0.1) is 5.10 Å². The minimum absolute atomic E-state index is 0.0938. The Bertz CT molecular complexity index is 1560. The number of ether oxygens (including phenoxy) is 2. The third-order valence-electron chi connectivity index (χ3n) is 6.93. The van der Waals surface area contributed by atoms with Gasteiger partial charge >= 0.3 is 0 Å². The van der Waals surface area contributed by atoms with Crippen LogP contribution < -0.4 is 9.47 Å². The molecular weight excluding hydrogens is 498 g/mol. The Morgan fingerprint density at radius 3 is 2.90 bits per heavy atom. The zero-order valence-corrected chi connectivity index (χ0v) is 22.8. The van der Waals surface area contributed by atoms with E-state index >= 15 is 0 Å². The summed E-state index contributed by atoms with van der Waals surface area (Å²) in [5, 5.41) is 36.8. The highest BCUT2D eigenvalue weighted by molar-refractivity contribution is 5.91. The van der Waals surface area contributed by atoms with Crippen molar-refractivity contribution in [2.75, 3.05) is 26.3 Å². The molecule has 0 fully saturated rings. The second kappa shape index (κ2) is 10.9. The summed E-state index contributed by atoms with van der Waals surface area (Å²) in [6, 6.07) is 3.77. The average molecular weight is 532 g/mol. The lowest BCUT2D eigenvalue weighted by atomic mass is 10.1. The van der Waals surface area contributed by atoms with E-state index < -0.39 is 0 Å². The molecule has 204 valence electrons. The van der Waals surface area contributed by atoms with Gasteiger partial charge in [-0.1, -0.05) is 6.92 Å².